The van der Waals surface area contributed by atoms with E-state index in [-0.39, 0.29) is 22.9 Å². The highest BCUT2D eigenvalue weighted by Gasteiger charge is 2.18. The smallest absolute Gasteiger partial charge is 0.339 e. The number of nitrogen functional groups attached to an aromatic ring is 1. The van der Waals surface area contributed by atoms with Crippen molar-refractivity contribution in [3.05, 3.63) is 41.3 Å². The lowest BCUT2D eigenvalue weighted by Crippen LogP contribution is -2.09. The molecule has 0 saturated heterocycles. The van der Waals surface area contributed by atoms with Gasteiger partial charge in [-0.25, -0.2) is 19.2 Å². The highest BCUT2D eigenvalue weighted by atomic mass is 19.1. The lowest BCUT2D eigenvalue weighted by molar-refractivity contribution is 0.0696. The van der Waals surface area contributed by atoms with Gasteiger partial charge in [0, 0.05) is 5.56 Å². The number of hydrogen-bond donors (Lipinski definition) is 2. The molecule has 0 aliphatic heterocycles. The summed E-state index contributed by atoms with van der Waals surface area (Å²) in [5, 5.41) is 9.16. The Hall–Kier alpha value is -2.50. The number of carboxylic acid groups (broad SMARTS) is 1. The summed E-state index contributed by atoms with van der Waals surface area (Å²) in [5.74, 6) is -1.57. The summed E-state index contributed by atoms with van der Waals surface area (Å²) in [6.07, 6.45) is 0. The molecule has 18 heavy (non-hydrogen) atoms. The van der Waals surface area contributed by atoms with Gasteiger partial charge < -0.3 is 10.8 Å². The molecule has 0 bridgehead atoms. The van der Waals surface area contributed by atoms with Crippen molar-refractivity contribution in [3.63, 3.8) is 0 Å². The number of nitrogens with zero attached hydrogens (tertiary/aromatic N) is 2. The molecule has 1 heterocycles. The Bertz CT molecular complexity index is 611. The van der Waals surface area contributed by atoms with Crippen LogP contribution in [0.2, 0.25) is 0 Å². The number of carbonyl (C=O) groups is 1. The molecule has 0 aliphatic carbocycles. The predicted molar refractivity (Wildman–Crippen MR) is 63.5 cm³/mol. The molecule has 0 spiro atoms. The van der Waals surface area contributed by atoms with Crippen LogP contribution in [0.25, 0.3) is 11.3 Å². The first-order valence-corrected chi connectivity index (χ1v) is 5.12. The number of halogens is 1. The summed E-state index contributed by atoms with van der Waals surface area (Å²) in [5.41, 5.74) is 6.41. The lowest BCUT2D eigenvalue weighted by Gasteiger charge is -2.08. The Morgan fingerprint density at radius 3 is 2.44 bits per heavy atom. The van der Waals surface area contributed by atoms with Crippen LogP contribution in [-0.2, 0) is 0 Å². The third kappa shape index (κ3) is 2.13. The SMILES string of the molecule is Cc1nc(N)nc(-c2ccc(F)cc2)c1C(=O)O. The summed E-state index contributed by atoms with van der Waals surface area (Å²) in [6.45, 7) is 1.54. The standard InChI is InChI=1S/C12H10FN3O2/c1-6-9(11(17)18)10(16-12(14)15-6)7-2-4-8(13)5-3-7/h2-5H,1H3,(H,17,18)(H2,14,15,16). The van der Waals surface area contributed by atoms with Crippen LogP contribution in [0, 0.1) is 12.7 Å². The van der Waals surface area contributed by atoms with Crippen molar-refractivity contribution in [2.75, 3.05) is 5.73 Å². The number of aromatic nitrogens is 2. The zero-order valence-electron chi connectivity index (χ0n) is 9.51. The fourth-order valence-electron chi connectivity index (χ4n) is 1.67. The van der Waals surface area contributed by atoms with Gasteiger partial charge in [-0.15, -0.1) is 0 Å². The van der Waals surface area contributed by atoms with Crippen LogP contribution >= 0.6 is 0 Å². The van der Waals surface area contributed by atoms with Gasteiger partial charge >= 0.3 is 5.97 Å². The maximum absolute atomic E-state index is 12.8. The van der Waals surface area contributed by atoms with E-state index in [4.69, 9.17) is 10.8 Å². The quantitative estimate of drug-likeness (QED) is 0.845. The van der Waals surface area contributed by atoms with Crippen molar-refractivity contribution in [3.8, 4) is 11.3 Å². The van der Waals surface area contributed by atoms with Crippen LogP contribution in [0.15, 0.2) is 24.3 Å². The highest BCUT2D eigenvalue weighted by Crippen LogP contribution is 2.24. The first-order chi connectivity index (χ1) is 8.49. The van der Waals surface area contributed by atoms with Gasteiger partial charge in [0.15, 0.2) is 0 Å². The zero-order valence-corrected chi connectivity index (χ0v) is 9.51. The van der Waals surface area contributed by atoms with E-state index in [1.54, 1.807) is 0 Å². The van der Waals surface area contributed by atoms with E-state index >= 15 is 0 Å². The molecule has 0 amide bonds. The average Bonchev–Trinajstić information content (AvgIpc) is 2.28. The maximum Gasteiger partial charge on any atom is 0.339 e. The Balaban J connectivity index is 2.69. The Morgan fingerprint density at radius 2 is 1.89 bits per heavy atom. The van der Waals surface area contributed by atoms with Crippen molar-refractivity contribution in [1.29, 1.82) is 0 Å². The van der Waals surface area contributed by atoms with E-state index in [9.17, 15) is 9.18 Å². The van der Waals surface area contributed by atoms with Crippen molar-refractivity contribution < 1.29 is 14.3 Å². The minimum atomic E-state index is -1.15. The second kappa shape index (κ2) is 4.40. The number of aryl methyl sites for hydroxylation is 1. The number of anilines is 1. The van der Waals surface area contributed by atoms with Gasteiger partial charge in [0.05, 0.1) is 11.4 Å². The lowest BCUT2D eigenvalue weighted by atomic mass is 10.0. The van der Waals surface area contributed by atoms with Crippen LogP contribution in [0.5, 0.6) is 0 Å². The molecule has 0 aliphatic rings. The average molecular weight is 247 g/mol. The number of hydrogen-bond acceptors (Lipinski definition) is 4. The van der Waals surface area contributed by atoms with E-state index in [0.29, 0.717) is 5.56 Å². The first kappa shape index (κ1) is 12.0. The Labute approximate surface area is 102 Å². The minimum Gasteiger partial charge on any atom is -0.478 e. The van der Waals surface area contributed by atoms with Crippen LogP contribution < -0.4 is 5.73 Å². The van der Waals surface area contributed by atoms with Crippen LogP contribution in [-0.4, -0.2) is 21.0 Å². The molecule has 3 N–H and O–H groups in total. The molecule has 92 valence electrons. The summed E-state index contributed by atoms with van der Waals surface area (Å²) in [7, 11) is 0. The molecule has 0 fully saturated rings. The Morgan fingerprint density at radius 1 is 1.28 bits per heavy atom. The summed E-state index contributed by atoms with van der Waals surface area (Å²) in [6, 6.07) is 5.36. The van der Waals surface area contributed by atoms with Crippen LogP contribution in [0.1, 0.15) is 16.1 Å². The molecule has 0 saturated carbocycles. The molecule has 0 unspecified atom stereocenters. The molecule has 6 heteroatoms. The molecule has 2 aromatic rings. The summed E-state index contributed by atoms with van der Waals surface area (Å²) < 4.78 is 12.8. The first-order valence-electron chi connectivity index (χ1n) is 5.12. The van der Waals surface area contributed by atoms with Gasteiger partial charge in [0.1, 0.15) is 11.4 Å². The number of nitrogens with two attached hydrogens (primary N) is 1. The number of carboxylic acids is 1. The minimum absolute atomic E-state index is 0.0168. The van der Waals surface area contributed by atoms with Crippen molar-refractivity contribution in [2.24, 2.45) is 0 Å². The van der Waals surface area contributed by atoms with Gasteiger partial charge in [-0.1, -0.05) is 0 Å². The Kier molecular flexibility index (Phi) is 2.93. The molecule has 2 rings (SSSR count). The predicted octanol–water partition coefficient (Wildman–Crippen LogP) is 1.87. The normalized spacial score (nSPS) is 10.3. The van der Waals surface area contributed by atoms with Gasteiger partial charge in [-0.3, -0.25) is 0 Å². The number of aromatic carboxylic acids is 1. The molecule has 5 nitrogen and oxygen atoms in total. The number of benzene rings is 1. The maximum atomic E-state index is 12.8. The largest absolute Gasteiger partial charge is 0.478 e. The van der Waals surface area contributed by atoms with E-state index in [0.717, 1.165) is 0 Å². The summed E-state index contributed by atoms with van der Waals surface area (Å²) in [4.78, 5) is 18.9. The van der Waals surface area contributed by atoms with Gasteiger partial charge in [-0.2, -0.15) is 0 Å². The second-order valence-electron chi connectivity index (χ2n) is 3.70. The van der Waals surface area contributed by atoms with Crippen LogP contribution in [0.4, 0.5) is 10.3 Å². The zero-order chi connectivity index (χ0) is 13.3. The van der Waals surface area contributed by atoms with Crippen molar-refractivity contribution in [1.82, 2.24) is 9.97 Å². The van der Waals surface area contributed by atoms with E-state index in [1.807, 2.05) is 0 Å². The van der Waals surface area contributed by atoms with Crippen molar-refractivity contribution >= 4 is 11.9 Å². The molecule has 1 aromatic heterocycles. The topological polar surface area (TPSA) is 89.1 Å². The molecule has 0 atom stereocenters. The molecular weight excluding hydrogens is 237 g/mol. The van der Waals surface area contributed by atoms with E-state index in [2.05, 4.69) is 9.97 Å². The van der Waals surface area contributed by atoms with Gasteiger partial charge in [0.2, 0.25) is 5.95 Å². The highest BCUT2D eigenvalue weighted by molar-refractivity contribution is 5.96. The molecular formula is C12H10FN3O2. The molecule has 0 radical (unpaired) electrons. The van der Waals surface area contributed by atoms with E-state index < -0.39 is 11.8 Å². The van der Waals surface area contributed by atoms with Crippen LogP contribution in [0.3, 0.4) is 0 Å². The van der Waals surface area contributed by atoms with Gasteiger partial charge in [-0.05, 0) is 31.2 Å². The third-order valence-electron chi connectivity index (χ3n) is 2.44. The monoisotopic (exact) mass is 247 g/mol. The second-order valence-corrected chi connectivity index (χ2v) is 3.70. The van der Waals surface area contributed by atoms with E-state index in [1.165, 1.54) is 31.2 Å². The van der Waals surface area contributed by atoms with Crippen molar-refractivity contribution in [2.45, 2.75) is 6.92 Å². The third-order valence-corrected chi connectivity index (χ3v) is 2.44. The fourth-order valence-corrected chi connectivity index (χ4v) is 1.67. The molecule has 1 aromatic carbocycles. The fraction of sp³-hybridized carbons (Fsp3) is 0.0833. The van der Waals surface area contributed by atoms with Gasteiger partial charge in [0.25, 0.3) is 0 Å². The summed E-state index contributed by atoms with van der Waals surface area (Å²) >= 11 is 0. The number of rotatable bonds is 2.